The maximum absolute atomic E-state index is 2.49. The molecule has 38 heavy (non-hydrogen) atoms. The van der Waals surface area contributed by atoms with Crippen LogP contribution in [0.5, 0.6) is 0 Å². The number of rotatable bonds is 2. The second-order valence-corrected chi connectivity index (χ2v) is 15.0. The van der Waals surface area contributed by atoms with Gasteiger partial charge in [-0.2, -0.15) is 0 Å². The zero-order valence-corrected chi connectivity index (χ0v) is 25.3. The summed E-state index contributed by atoms with van der Waals surface area (Å²) in [5.41, 5.74) is 8.91. The number of fused-ring (bicyclic) bond motifs is 5. The van der Waals surface area contributed by atoms with Crippen LogP contribution in [0.3, 0.4) is 0 Å². The van der Waals surface area contributed by atoms with Crippen molar-refractivity contribution in [3.8, 4) is 11.3 Å². The zero-order valence-electron chi connectivity index (χ0n) is 24.5. The highest BCUT2D eigenvalue weighted by molar-refractivity contribution is 8.00. The molecule has 2 heteroatoms. The molecule has 0 fully saturated rings. The summed E-state index contributed by atoms with van der Waals surface area (Å²) in [4.78, 5) is 2.87. The van der Waals surface area contributed by atoms with Crippen LogP contribution in [0.2, 0.25) is 0 Å². The molecule has 4 aromatic carbocycles. The SMILES string of the molecule is Cc1ccc2cc3cc[n+](C)c4c3c(c2c1)Sc1c-4c(C)c2cc(CC(C)(C)C)ccc2c1CC(C)(C)C. The van der Waals surface area contributed by atoms with Crippen LogP contribution in [0, 0.1) is 24.7 Å². The first-order valence-electron chi connectivity index (χ1n) is 13.9. The van der Waals surface area contributed by atoms with E-state index in [0.29, 0.717) is 0 Å². The van der Waals surface area contributed by atoms with Gasteiger partial charge in [0.2, 0.25) is 5.69 Å². The third-order valence-corrected chi connectivity index (χ3v) is 9.20. The normalized spacial score (nSPS) is 13.5. The van der Waals surface area contributed by atoms with Crippen LogP contribution in [-0.4, -0.2) is 0 Å². The molecule has 5 aromatic rings. The molecule has 0 radical (unpaired) electrons. The first-order chi connectivity index (χ1) is 17.8. The zero-order chi connectivity index (χ0) is 27.1. The summed E-state index contributed by atoms with van der Waals surface area (Å²) >= 11 is 2.02. The molecular formula is C36H40NS+. The highest BCUT2D eigenvalue weighted by Gasteiger charge is 2.33. The summed E-state index contributed by atoms with van der Waals surface area (Å²) in [6.45, 7) is 18.7. The van der Waals surface area contributed by atoms with E-state index in [1.165, 1.54) is 75.6 Å². The number of aryl methyl sites for hydroxylation is 3. The average Bonchev–Trinajstić information content (AvgIpc) is 2.82. The van der Waals surface area contributed by atoms with Crippen molar-refractivity contribution >= 4 is 44.1 Å². The van der Waals surface area contributed by atoms with Crippen LogP contribution in [0.1, 0.15) is 63.8 Å². The summed E-state index contributed by atoms with van der Waals surface area (Å²) in [5, 5.41) is 8.29. The van der Waals surface area contributed by atoms with Crippen molar-refractivity contribution in [2.45, 2.75) is 78.0 Å². The van der Waals surface area contributed by atoms with Crippen LogP contribution >= 0.6 is 11.8 Å². The van der Waals surface area contributed by atoms with Gasteiger partial charge in [0.15, 0.2) is 6.20 Å². The van der Waals surface area contributed by atoms with E-state index in [4.69, 9.17) is 0 Å². The lowest BCUT2D eigenvalue weighted by molar-refractivity contribution is -0.659. The van der Waals surface area contributed by atoms with E-state index >= 15 is 0 Å². The van der Waals surface area contributed by atoms with Gasteiger partial charge in [-0.3, -0.25) is 0 Å². The van der Waals surface area contributed by atoms with Crippen LogP contribution < -0.4 is 4.57 Å². The molecule has 0 bridgehead atoms. The molecule has 0 atom stereocenters. The molecule has 0 aliphatic carbocycles. The molecule has 6 rings (SSSR count). The Kier molecular flexibility index (Phi) is 5.74. The van der Waals surface area contributed by atoms with Crippen molar-refractivity contribution in [3.63, 3.8) is 0 Å². The maximum Gasteiger partial charge on any atom is 0.222 e. The van der Waals surface area contributed by atoms with Crippen LogP contribution in [-0.2, 0) is 19.9 Å². The molecule has 0 amide bonds. The molecule has 0 spiro atoms. The molecule has 0 saturated carbocycles. The lowest BCUT2D eigenvalue weighted by Gasteiger charge is -2.29. The fourth-order valence-electron chi connectivity index (χ4n) is 6.40. The molecule has 0 saturated heterocycles. The van der Waals surface area contributed by atoms with Crippen molar-refractivity contribution in [1.82, 2.24) is 0 Å². The Hall–Kier alpha value is -2.84. The second-order valence-electron chi connectivity index (χ2n) is 13.9. The Bertz CT molecular complexity index is 1780. The van der Waals surface area contributed by atoms with E-state index in [1.807, 2.05) is 11.8 Å². The Morgan fingerprint density at radius 3 is 2.16 bits per heavy atom. The van der Waals surface area contributed by atoms with Crippen molar-refractivity contribution < 1.29 is 4.57 Å². The largest absolute Gasteiger partial charge is 0.222 e. The molecular weight excluding hydrogens is 478 g/mol. The van der Waals surface area contributed by atoms with Gasteiger partial charge in [-0.05, 0) is 87.2 Å². The van der Waals surface area contributed by atoms with Crippen LogP contribution in [0.25, 0.3) is 43.6 Å². The van der Waals surface area contributed by atoms with Crippen molar-refractivity contribution in [2.75, 3.05) is 0 Å². The lowest BCUT2D eigenvalue weighted by Crippen LogP contribution is -2.32. The Labute approximate surface area is 232 Å². The number of pyridine rings is 1. The summed E-state index contributed by atoms with van der Waals surface area (Å²) in [6.07, 6.45) is 4.39. The maximum atomic E-state index is 2.49. The predicted octanol–water partition coefficient (Wildman–Crippen LogP) is 9.90. The van der Waals surface area contributed by atoms with Crippen molar-refractivity contribution in [2.24, 2.45) is 17.9 Å². The van der Waals surface area contributed by atoms with E-state index in [0.717, 1.165) is 12.8 Å². The summed E-state index contributed by atoms with van der Waals surface area (Å²) < 4.78 is 2.37. The Morgan fingerprint density at radius 1 is 0.711 bits per heavy atom. The second kappa shape index (κ2) is 8.58. The monoisotopic (exact) mass is 518 g/mol. The predicted molar refractivity (Wildman–Crippen MR) is 165 cm³/mol. The fraction of sp³-hybridized carbons (Fsp3) is 0.361. The Morgan fingerprint density at radius 2 is 1.45 bits per heavy atom. The van der Waals surface area contributed by atoms with E-state index in [9.17, 15) is 0 Å². The van der Waals surface area contributed by atoms with Gasteiger partial charge in [-0.15, -0.1) is 0 Å². The summed E-state index contributed by atoms with van der Waals surface area (Å²) in [5.74, 6) is 0. The minimum atomic E-state index is 0.185. The van der Waals surface area contributed by atoms with Gasteiger partial charge in [0.05, 0.1) is 10.9 Å². The standard InChI is InChI=1S/C36H40NS/c1-21-10-12-24-18-25-14-15-37(9)32-30-22(2)27-17-23(19-35(3,4)5)11-13-26(27)29(20-36(6,7)8)34(30)38-33(31(25)32)28(24)16-21/h10-18H,19-20H2,1-9H3/q+1. The summed E-state index contributed by atoms with van der Waals surface area (Å²) in [7, 11) is 2.22. The van der Waals surface area contributed by atoms with Gasteiger partial charge in [-0.25, -0.2) is 4.57 Å². The van der Waals surface area contributed by atoms with Gasteiger partial charge < -0.3 is 0 Å². The highest BCUT2D eigenvalue weighted by atomic mass is 32.2. The quantitative estimate of drug-likeness (QED) is 0.163. The Balaban J connectivity index is 1.77. The average molecular weight is 519 g/mol. The third-order valence-electron chi connectivity index (χ3n) is 7.92. The van der Waals surface area contributed by atoms with Crippen molar-refractivity contribution in [1.29, 1.82) is 0 Å². The van der Waals surface area contributed by atoms with Crippen LogP contribution in [0.4, 0.5) is 0 Å². The van der Waals surface area contributed by atoms with E-state index in [1.54, 1.807) is 0 Å². The number of hydrogen-bond donors (Lipinski definition) is 0. The van der Waals surface area contributed by atoms with E-state index < -0.39 is 0 Å². The van der Waals surface area contributed by atoms with Gasteiger partial charge in [0.25, 0.3) is 0 Å². The summed E-state index contributed by atoms with van der Waals surface area (Å²) in [6, 6.07) is 18.9. The molecule has 0 N–H and O–H groups in total. The number of aromatic nitrogens is 1. The van der Waals surface area contributed by atoms with Gasteiger partial charge in [0, 0.05) is 15.9 Å². The molecule has 1 aliphatic rings. The molecule has 1 nitrogen and oxygen atoms in total. The minimum Gasteiger partial charge on any atom is -0.200 e. The van der Waals surface area contributed by atoms with E-state index in [2.05, 4.69) is 122 Å². The number of nitrogens with zero attached hydrogens (tertiary/aromatic N) is 1. The molecule has 194 valence electrons. The smallest absolute Gasteiger partial charge is 0.200 e. The number of benzene rings is 4. The molecule has 0 unspecified atom stereocenters. The van der Waals surface area contributed by atoms with Gasteiger partial charge in [-0.1, -0.05) is 95.3 Å². The first-order valence-corrected chi connectivity index (χ1v) is 14.7. The fourth-order valence-corrected chi connectivity index (χ4v) is 7.86. The van der Waals surface area contributed by atoms with Crippen LogP contribution in [0.15, 0.2) is 64.5 Å². The lowest BCUT2D eigenvalue weighted by atomic mass is 9.81. The molecule has 2 heterocycles. The molecule has 1 aliphatic heterocycles. The number of hydrogen-bond acceptors (Lipinski definition) is 1. The highest BCUT2D eigenvalue weighted by Crippen LogP contribution is 2.54. The first kappa shape index (κ1) is 25.4. The van der Waals surface area contributed by atoms with Crippen molar-refractivity contribution in [3.05, 3.63) is 77.0 Å². The third kappa shape index (κ3) is 4.22. The van der Waals surface area contributed by atoms with E-state index in [-0.39, 0.29) is 10.8 Å². The topological polar surface area (TPSA) is 3.88 Å². The van der Waals surface area contributed by atoms with Gasteiger partial charge >= 0.3 is 0 Å². The van der Waals surface area contributed by atoms with Gasteiger partial charge in [0.1, 0.15) is 7.05 Å². The minimum absolute atomic E-state index is 0.185. The molecule has 1 aromatic heterocycles.